The second kappa shape index (κ2) is 6.22. The number of halogens is 1. The summed E-state index contributed by atoms with van der Waals surface area (Å²) < 4.78 is 1.59. The van der Waals surface area contributed by atoms with Crippen LogP contribution in [0.1, 0.15) is 6.42 Å². The fraction of sp³-hybridized carbons (Fsp3) is 0.167. The number of carbonyl (C=O) groups is 2. The number of nitrogens with zero attached hydrogens (tertiary/aromatic N) is 3. The van der Waals surface area contributed by atoms with Crippen molar-refractivity contribution in [1.82, 2.24) is 9.66 Å². The highest BCUT2D eigenvalue weighted by Gasteiger charge is 2.35. The van der Waals surface area contributed by atoms with Crippen molar-refractivity contribution in [2.75, 3.05) is 16.9 Å². The fourth-order valence-electron chi connectivity index (χ4n) is 3.04. The standard InChI is InChI=1S/C18H15ClN4O2/c19-13-4-3-5-14(9-13)22-10-12(8-17(22)24)18(25)21-23-11-20-15-6-1-2-7-16(15)23/h1-7,9,11-12H,8,10H2,(H,21,25). The minimum atomic E-state index is -0.423. The maximum absolute atomic E-state index is 12.6. The summed E-state index contributed by atoms with van der Waals surface area (Å²) in [5.74, 6) is -0.716. The first-order valence-electron chi connectivity index (χ1n) is 7.91. The highest BCUT2D eigenvalue weighted by Crippen LogP contribution is 2.27. The minimum Gasteiger partial charge on any atom is -0.312 e. The molecule has 2 amide bonds. The molecule has 1 atom stereocenters. The lowest BCUT2D eigenvalue weighted by Gasteiger charge is -2.17. The van der Waals surface area contributed by atoms with E-state index in [-0.39, 0.29) is 18.2 Å². The summed E-state index contributed by atoms with van der Waals surface area (Å²) in [5, 5.41) is 0.558. The number of para-hydroxylation sites is 2. The molecule has 126 valence electrons. The first-order valence-corrected chi connectivity index (χ1v) is 8.28. The van der Waals surface area contributed by atoms with E-state index in [4.69, 9.17) is 11.6 Å². The van der Waals surface area contributed by atoms with Gasteiger partial charge in [0.25, 0.3) is 0 Å². The van der Waals surface area contributed by atoms with Crippen molar-refractivity contribution in [3.05, 3.63) is 59.9 Å². The van der Waals surface area contributed by atoms with Crippen LogP contribution in [0, 0.1) is 5.92 Å². The van der Waals surface area contributed by atoms with E-state index in [9.17, 15) is 9.59 Å². The monoisotopic (exact) mass is 354 g/mol. The van der Waals surface area contributed by atoms with Crippen LogP contribution in [0.5, 0.6) is 0 Å². The molecule has 0 aliphatic carbocycles. The van der Waals surface area contributed by atoms with Crippen LogP contribution in [0.25, 0.3) is 11.0 Å². The van der Waals surface area contributed by atoms with E-state index in [1.165, 1.54) is 0 Å². The Morgan fingerprint density at radius 3 is 2.88 bits per heavy atom. The average molecular weight is 355 g/mol. The van der Waals surface area contributed by atoms with Gasteiger partial charge in [0.05, 0.1) is 17.0 Å². The summed E-state index contributed by atoms with van der Waals surface area (Å²) in [6.07, 6.45) is 1.74. The quantitative estimate of drug-likeness (QED) is 0.786. The maximum Gasteiger partial charge on any atom is 0.244 e. The molecule has 25 heavy (non-hydrogen) atoms. The topological polar surface area (TPSA) is 67.2 Å². The number of aromatic nitrogens is 2. The third kappa shape index (κ3) is 2.96. The number of nitrogens with one attached hydrogen (secondary N) is 1. The molecule has 1 saturated heterocycles. The van der Waals surface area contributed by atoms with E-state index >= 15 is 0 Å². The van der Waals surface area contributed by atoms with Crippen LogP contribution < -0.4 is 10.3 Å². The van der Waals surface area contributed by atoms with E-state index in [0.717, 1.165) is 11.0 Å². The van der Waals surface area contributed by atoms with Gasteiger partial charge in [-0.05, 0) is 30.3 Å². The third-order valence-corrected chi connectivity index (χ3v) is 4.54. The summed E-state index contributed by atoms with van der Waals surface area (Å²) in [4.78, 5) is 30.7. The normalized spacial score (nSPS) is 17.2. The number of carbonyl (C=O) groups excluding carboxylic acids is 2. The fourth-order valence-corrected chi connectivity index (χ4v) is 3.22. The molecular formula is C18H15ClN4O2. The number of anilines is 1. The molecule has 1 N–H and O–H groups in total. The van der Waals surface area contributed by atoms with Gasteiger partial charge < -0.3 is 4.90 Å². The molecule has 0 radical (unpaired) electrons. The summed E-state index contributed by atoms with van der Waals surface area (Å²) >= 11 is 5.99. The van der Waals surface area contributed by atoms with Crippen LogP contribution in [0.3, 0.4) is 0 Å². The average Bonchev–Trinajstić information content (AvgIpc) is 3.19. The zero-order valence-electron chi connectivity index (χ0n) is 13.2. The van der Waals surface area contributed by atoms with Crippen LogP contribution in [0.15, 0.2) is 54.9 Å². The molecule has 2 aromatic carbocycles. The Bertz CT molecular complexity index is 968. The molecule has 0 bridgehead atoms. The van der Waals surface area contributed by atoms with Gasteiger partial charge in [0.1, 0.15) is 6.33 Å². The molecule has 0 saturated carbocycles. The number of hydrogen-bond acceptors (Lipinski definition) is 3. The molecule has 1 aliphatic rings. The van der Waals surface area contributed by atoms with Crippen molar-refractivity contribution in [3.63, 3.8) is 0 Å². The highest BCUT2D eigenvalue weighted by molar-refractivity contribution is 6.31. The number of fused-ring (bicyclic) bond motifs is 1. The van der Waals surface area contributed by atoms with Gasteiger partial charge in [-0.1, -0.05) is 29.8 Å². The Balaban J connectivity index is 1.51. The number of benzene rings is 2. The van der Waals surface area contributed by atoms with Gasteiger partial charge in [0.15, 0.2) is 0 Å². The minimum absolute atomic E-state index is 0.0853. The molecule has 1 aromatic heterocycles. The van der Waals surface area contributed by atoms with Gasteiger partial charge in [-0.15, -0.1) is 0 Å². The lowest BCUT2D eigenvalue weighted by atomic mass is 10.1. The van der Waals surface area contributed by atoms with Crippen molar-refractivity contribution >= 4 is 40.1 Å². The number of hydrogen-bond donors (Lipinski definition) is 1. The zero-order valence-corrected chi connectivity index (χ0v) is 14.0. The molecule has 0 spiro atoms. The van der Waals surface area contributed by atoms with Crippen molar-refractivity contribution < 1.29 is 9.59 Å². The summed E-state index contributed by atoms with van der Waals surface area (Å²) in [7, 11) is 0. The van der Waals surface area contributed by atoms with Crippen LogP contribution in [-0.4, -0.2) is 28.0 Å². The summed E-state index contributed by atoms with van der Waals surface area (Å²) in [6, 6.07) is 14.6. The molecule has 7 heteroatoms. The van der Waals surface area contributed by atoms with E-state index in [2.05, 4.69) is 10.4 Å². The van der Waals surface area contributed by atoms with Gasteiger partial charge in [-0.2, -0.15) is 0 Å². The van der Waals surface area contributed by atoms with Gasteiger partial charge in [-0.25, -0.2) is 9.66 Å². The third-order valence-electron chi connectivity index (χ3n) is 4.30. The van der Waals surface area contributed by atoms with Crippen LogP contribution >= 0.6 is 11.6 Å². The molecule has 3 aromatic rings. The number of rotatable bonds is 3. The van der Waals surface area contributed by atoms with Gasteiger partial charge >= 0.3 is 0 Å². The largest absolute Gasteiger partial charge is 0.312 e. The Morgan fingerprint density at radius 1 is 1.20 bits per heavy atom. The van der Waals surface area contributed by atoms with Crippen LogP contribution in [-0.2, 0) is 9.59 Å². The van der Waals surface area contributed by atoms with Gasteiger partial charge in [0, 0.05) is 23.7 Å². The second-order valence-electron chi connectivity index (χ2n) is 5.96. The highest BCUT2D eigenvalue weighted by atomic mass is 35.5. The molecule has 2 heterocycles. The summed E-state index contributed by atoms with van der Waals surface area (Å²) in [6.45, 7) is 0.331. The van der Waals surface area contributed by atoms with E-state index in [1.807, 2.05) is 30.3 Å². The smallest absolute Gasteiger partial charge is 0.244 e. The van der Waals surface area contributed by atoms with E-state index in [0.29, 0.717) is 17.3 Å². The molecule has 1 fully saturated rings. The SMILES string of the molecule is O=C(Nn1cnc2ccccc21)C1CC(=O)N(c2cccc(Cl)c2)C1. The van der Waals surface area contributed by atoms with Gasteiger partial charge in [0.2, 0.25) is 11.8 Å². The molecule has 4 rings (SSSR count). The Kier molecular flexibility index (Phi) is 3.89. The predicted octanol–water partition coefficient (Wildman–Crippen LogP) is 2.81. The van der Waals surface area contributed by atoms with Crippen LogP contribution in [0.4, 0.5) is 5.69 Å². The lowest BCUT2D eigenvalue weighted by molar-refractivity contribution is -0.123. The van der Waals surface area contributed by atoms with Crippen molar-refractivity contribution in [3.8, 4) is 0 Å². The van der Waals surface area contributed by atoms with Gasteiger partial charge in [-0.3, -0.25) is 15.0 Å². The predicted molar refractivity (Wildman–Crippen MR) is 96.0 cm³/mol. The van der Waals surface area contributed by atoms with Crippen LogP contribution in [0.2, 0.25) is 5.02 Å². The molecule has 1 unspecified atom stereocenters. The Morgan fingerprint density at radius 2 is 2.04 bits per heavy atom. The molecule has 1 aliphatic heterocycles. The number of imidazole rings is 1. The van der Waals surface area contributed by atoms with Crippen molar-refractivity contribution in [1.29, 1.82) is 0 Å². The second-order valence-corrected chi connectivity index (χ2v) is 6.40. The molecular weight excluding hydrogens is 340 g/mol. The molecule has 6 nitrogen and oxygen atoms in total. The zero-order chi connectivity index (χ0) is 17.4. The maximum atomic E-state index is 12.6. The number of amides is 2. The first kappa shape index (κ1) is 15.7. The summed E-state index contributed by atoms with van der Waals surface area (Å²) in [5.41, 5.74) is 5.14. The Labute approximate surface area is 149 Å². The van der Waals surface area contributed by atoms with E-state index in [1.54, 1.807) is 34.1 Å². The van der Waals surface area contributed by atoms with E-state index < -0.39 is 5.92 Å². The van der Waals surface area contributed by atoms with Crippen molar-refractivity contribution in [2.45, 2.75) is 6.42 Å². The Hall–Kier alpha value is -2.86. The van der Waals surface area contributed by atoms with Crippen molar-refractivity contribution in [2.24, 2.45) is 5.92 Å². The first-order chi connectivity index (χ1) is 12.1. The lowest BCUT2D eigenvalue weighted by Crippen LogP contribution is -2.31.